The third-order valence-electron chi connectivity index (χ3n) is 14.9. The number of fused-ring (bicyclic) bond motifs is 2. The van der Waals surface area contributed by atoms with Gasteiger partial charge < -0.3 is 24.7 Å². The van der Waals surface area contributed by atoms with Crippen LogP contribution in [0.2, 0.25) is 0 Å². The van der Waals surface area contributed by atoms with Crippen LogP contribution in [0, 0.1) is 34.5 Å². The van der Waals surface area contributed by atoms with Crippen molar-refractivity contribution >= 4 is 49.3 Å². The van der Waals surface area contributed by atoms with Crippen LogP contribution in [0.1, 0.15) is 98.6 Å². The predicted octanol–water partition coefficient (Wildman–Crippen LogP) is 9.96. The van der Waals surface area contributed by atoms with Gasteiger partial charge in [-0.2, -0.15) is 14.8 Å². The second-order valence-corrected chi connectivity index (χ2v) is 22.6. The lowest BCUT2D eigenvalue weighted by Crippen LogP contribution is -2.49. The van der Waals surface area contributed by atoms with Crippen molar-refractivity contribution in [1.82, 2.24) is 38.9 Å². The van der Waals surface area contributed by atoms with E-state index in [9.17, 15) is 22.8 Å². The number of nitrogens with one attached hydrogen (secondary N) is 2. The van der Waals surface area contributed by atoms with Crippen molar-refractivity contribution < 1.29 is 22.8 Å². The van der Waals surface area contributed by atoms with E-state index in [0.717, 1.165) is 68.0 Å². The largest absolute Gasteiger partial charge is 0.351 e. The first-order valence-corrected chi connectivity index (χ1v) is 29.1. The minimum absolute atomic E-state index is 0.0595. The number of carbonyl (C=O) groups is 3. The van der Waals surface area contributed by atoms with Crippen LogP contribution in [-0.2, 0) is 63.4 Å². The molecule has 6 aromatic carbocycles. The van der Waals surface area contributed by atoms with Crippen LogP contribution in [-0.4, -0.2) is 85.9 Å². The number of imidazole rings is 2. The van der Waals surface area contributed by atoms with Crippen LogP contribution in [0.5, 0.6) is 0 Å². The van der Waals surface area contributed by atoms with Crippen LogP contribution in [0.4, 0.5) is 0 Å². The van der Waals surface area contributed by atoms with Gasteiger partial charge in [0.2, 0.25) is 27.7 Å². The lowest BCUT2D eigenvalue weighted by Gasteiger charge is -2.32. The van der Waals surface area contributed by atoms with Crippen LogP contribution in [0.15, 0.2) is 159 Å². The van der Waals surface area contributed by atoms with E-state index in [1.807, 2.05) is 120 Å². The first kappa shape index (κ1) is 59.2. The van der Waals surface area contributed by atoms with E-state index in [-0.39, 0.29) is 67.6 Å². The molecule has 2 heterocycles. The Labute approximate surface area is 471 Å². The fraction of sp³-hybridized carbons (Fsp3) is 0.328. The summed E-state index contributed by atoms with van der Waals surface area (Å²) in [5.74, 6) is 0.0267. The molecule has 2 unspecified atom stereocenters. The number of rotatable bonds is 24. The maximum atomic E-state index is 13.3. The Bertz CT molecular complexity index is 3550. The zero-order chi connectivity index (χ0) is 57.2. The fourth-order valence-corrected chi connectivity index (χ4v) is 10.5. The average molecular weight is 1090 g/mol. The second-order valence-electron chi connectivity index (χ2n) is 20.6. The van der Waals surface area contributed by atoms with E-state index in [0.29, 0.717) is 43.7 Å². The first-order chi connectivity index (χ1) is 38.6. The summed E-state index contributed by atoms with van der Waals surface area (Å²) in [6.45, 7) is 12.6. The molecule has 15 nitrogen and oxygen atoms in total. The normalized spacial score (nSPS) is 12.8. The minimum Gasteiger partial charge on any atom is -0.351 e. The molecule has 0 spiro atoms. The Morgan fingerprint density at radius 2 is 1.01 bits per heavy atom. The molecule has 3 amide bonds. The summed E-state index contributed by atoms with van der Waals surface area (Å²) < 4.78 is 31.1. The Morgan fingerprint density at radius 1 is 0.588 bits per heavy atom. The molecule has 0 radical (unpaired) electrons. The maximum absolute atomic E-state index is 13.3. The number of nitriles is 2. The molecule has 0 saturated carbocycles. The Kier molecular flexibility index (Phi) is 21.1. The van der Waals surface area contributed by atoms with Gasteiger partial charge in [0.25, 0.3) is 0 Å². The average Bonchev–Trinajstić information content (AvgIpc) is 4.11. The Balaban J connectivity index is 0.000000231. The van der Waals surface area contributed by atoms with Gasteiger partial charge >= 0.3 is 0 Å². The zero-order valence-corrected chi connectivity index (χ0v) is 47.4. The van der Waals surface area contributed by atoms with E-state index in [1.165, 1.54) is 10.6 Å². The molecule has 0 saturated heterocycles. The number of benzene rings is 6. The van der Waals surface area contributed by atoms with Crippen molar-refractivity contribution in [2.75, 3.05) is 19.3 Å². The first-order valence-electron chi connectivity index (χ1n) is 27.3. The number of amides is 3. The highest BCUT2D eigenvalue weighted by Gasteiger charge is 2.28. The second kappa shape index (κ2) is 28.4. The van der Waals surface area contributed by atoms with Gasteiger partial charge in [-0.05, 0) is 79.9 Å². The Hall–Kier alpha value is -8.44. The van der Waals surface area contributed by atoms with Crippen molar-refractivity contribution in [2.24, 2.45) is 11.8 Å². The van der Waals surface area contributed by atoms with Gasteiger partial charge in [-0.15, -0.1) is 0 Å². The summed E-state index contributed by atoms with van der Waals surface area (Å²) >= 11 is 0. The smallest absolute Gasteiger partial charge is 0.226 e. The van der Waals surface area contributed by atoms with Gasteiger partial charge in [0.15, 0.2) is 0 Å². The van der Waals surface area contributed by atoms with Gasteiger partial charge in [0.1, 0.15) is 0 Å². The molecule has 414 valence electrons. The van der Waals surface area contributed by atoms with E-state index in [1.54, 1.807) is 49.3 Å². The third-order valence-corrected chi connectivity index (χ3v) is 16.1. The molecular weight excluding hydrogens is 1020 g/mol. The molecule has 0 fully saturated rings. The molecule has 0 aliphatic rings. The standard InChI is InChI=1S/C33H37N5O2.C31H35N5O3S/c1-4-24(3)31(22-37(33(40)5-2)21-28-11-8-10-27-9-6-7-12-30(27)28)36-32(39)17-29-19-35-23-38(29)20-26-15-13-25(18-34)14-16-26;1-4-23(2)30(21-36(40(3,38)39)20-27-10-7-9-26-8-5-6-11-29(26)27)34-31(37)16-28-18-33-22-35(28)19-25-14-12-24(17-32)13-15-25/h6-16,19,23-24,31H,4-5,17,20-22H2,1-3H3,(H,36,39);5-15,18,22-23,30H,4,16,19-21H2,1-3H3,(H,34,37)/t24-,31+;/m0./s1. The lowest BCUT2D eigenvalue weighted by molar-refractivity contribution is -0.133. The fourth-order valence-electron chi connectivity index (χ4n) is 9.70. The van der Waals surface area contributed by atoms with Crippen molar-refractivity contribution in [3.05, 3.63) is 203 Å². The van der Waals surface area contributed by atoms with E-state index >= 15 is 0 Å². The predicted molar refractivity (Wildman–Crippen MR) is 314 cm³/mol. The summed E-state index contributed by atoms with van der Waals surface area (Å²) in [4.78, 5) is 50.0. The number of carbonyl (C=O) groups excluding carboxylic acids is 3. The molecule has 0 aliphatic heterocycles. The third kappa shape index (κ3) is 16.3. The minimum atomic E-state index is -3.55. The maximum Gasteiger partial charge on any atom is 0.226 e. The molecule has 8 rings (SSSR count). The molecule has 0 bridgehead atoms. The Morgan fingerprint density at radius 3 is 1.44 bits per heavy atom. The van der Waals surface area contributed by atoms with E-state index in [4.69, 9.17) is 10.5 Å². The molecule has 0 aliphatic carbocycles. The summed E-state index contributed by atoms with van der Waals surface area (Å²) in [7, 11) is -3.55. The highest BCUT2D eigenvalue weighted by atomic mass is 32.2. The van der Waals surface area contributed by atoms with Gasteiger partial charge in [0.05, 0.1) is 55.0 Å². The monoisotopic (exact) mass is 1090 g/mol. The molecule has 2 N–H and O–H groups in total. The van der Waals surface area contributed by atoms with E-state index < -0.39 is 10.0 Å². The number of nitrogens with zero attached hydrogens (tertiary/aromatic N) is 8. The van der Waals surface area contributed by atoms with E-state index in [2.05, 4.69) is 70.9 Å². The quantitative estimate of drug-likeness (QED) is 0.0591. The van der Waals surface area contributed by atoms with Crippen LogP contribution in [0.25, 0.3) is 21.5 Å². The highest BCUT2D eigenvalue weighted by Crippen LogP contribution is 2.24. The molecule has 8 aromatic rings. The van der Waals surface area contributed by atoms with Crippen molar-refractivity contribution in [3.63, 3.8) is 0 Å². The summed E-state index contributed by atoms with van der Waals surface area (Å²) in [5.41, 5.74) is 6.80. The molecule has 16 heteroatoms. The molecule has 4 atom stereocenters. The van der Waals surface area contributed by atoms with Crippen molar-refractivity contribution in [1.29, 1.82) is 10.5 Å². The van der Waals surface area contributed by atoms with Gasteiger partial charge in [-0.25, -0.2) is 18.4 Å². The molecule has 2 aromatic heterocycles. The number of sulfonamides is 1. The van der Waals surface area contributed by atoms with Crippen molar-refractivity contribution in [2.45, 2.75) is 105 Å². The number of hydrogen-bond acceptors (Lipinski definition) is 9. The summed E-state index contributed by atoms with van der Waals surface area (Å²) in [6.07, 6.45) is 10.4. The SMILES string of the molecule is CCC(=O)N(Cc1cccc2ccccc12)C[C@@H](NC(=O)Cc1cncn1Cc1ccc(C#N)cc1)[C@@H](C)CC.CCC(C)C(CN(Cc1cccc2ccccc12)S(C)(=O)=O)NC(=O)Cc1cncn1Cc1ccc(C#N)cc1. The van der Waals surface area contributed by atoms with Gasteiger partial charge in [-0.3, -0.25) is 14.4 Å². The van der Waals surface area contributed by atoms with Gasteiger partial charge in [-0.1, -0.05) is 157 Å². The lowest BCUT2D eigenvalue weighted by atomic mass is 9.97. The molecular formula is C64H72N10O5S. The number of aromatic nitrogens is 4. The van der Waals surface area contributed by atoms with Crippen LogP contribution >= 0.6 is 0 Å². The van der Waals surface area contributed by atoms with Crippen molar-refractivity contribution in [3.8, 4) is 12.1 Å². The summed E-state index contributed by atoms with van der Waals surface area (Å²) in [6, 6.07) is 46.6. The molecule has 80 heavy (non-hydrogen) atoms. The van der Waals surface area contributed by atoms with Crippen LogP contribution in [0.3, 0.4) is 0 Å². The zero-order valence-electron chi connectivity index (χ0n) is 46.6. The summed E-state index contributed by atoms with van der Waals surface area (Å²) in [5, 5.41) is 28.8. The number of hydrogen-bond donors (Lipinski definition) is 2. The topological polar surface area (TPSA) is 199 Å². The van der Waals surface area contributed by atoms with Gasteiger partial charge in [0, 0.05) is 81.6 Å². The van der Waals surface area contributed by atoms with Crippen LogP contribution < -0.4 is 10.6 Å². The highest BCUT2D eigenvalue weighted by molar-refractivity contribution is 7.88.